The largest absolute Gasteiger partial charge is 0.488 e. The van der Waals surface area contributed by atoms with Crippen LogP contribution in [0.4, 0.5) is 13.2 Å². The molecule has 0 atom stereocenters. The average Bonchev–Trinajstić information content (AvgIpc) is 2.33. The third-order valence-electron chi connectivity index (χ3n) is 3.29. The second-order valence-corrected chi connectivity index (χ2v) is 4.90. The maximum atomic E-state index is 12.5. The average molecular weight is 274 g/mol. The van der Waals surface area contributed by atoms with E-state index in [1.54, 1.807) is 6.92 Å². The molecule has 0 saturated carbocycles. The molecule has 0 amide bonds. The number of piperidine rings is 1. The van der Waals surface area contributed by atoms with Gasteiger partial charge in [-0.2, -0.15) is 13.2 Å². The van der Waals surface area contributed by atoms with Gasteiger partial charge in [0.05, 0.1) is 5.69 Å². The molecule has 1 aromatic heterocycles. The highest BCUT2D eigenvalue weighted by molar-refractivity contribution is 5.29. The summed E-state index contributed by atoms with van der Waals surface area (Å²) in [5.74, 6) is 0.447. The number of nitrogens with zero attached hydrogens (tertiary/aromatic N) is 2. The van der Waals surface area contributed by atoms with Crippen LogP contribution in [-0.4, -0.2) is 36.1 Å². The molecule has 106 valence electrons. The van der Waals surface area contributed by atoms with Crippen LogP contribution < -0.4 is 4.74 Å². The van der Waals surface area contributed by atoms with Crippen molar-refractivity contribution in [2.75, 3.05) is 20.1 Å². The van der Waals surface area contributed by atoms with Crippen LogP contribution in [0, 0.1) is 6.92 Å². The van der Waals surface area contributed by atoms with Gasteiger partial charge in [0.15, 0.2) is 0 Å². The Morgan fingerprint density at radius 3 is 2.42 bits per heavy atom. The van der Waals surface area contributed by atoms with E-state index >= 15 is 0 Å². The zero-order valence-corrected chi connectivity index (χ0v) is 11.0. The highest BCUT2D eigenvalue weighted by atomic mass is 19.4. The maximum Gasteiger partial charge on any atom is 0.433 e. The number of alkyl halides is 3. The van der Waals surface area contributed by atoms with E-state index in [9.17, 15) is 13.2 Å². The number of aryl methyl sites for hydroxylation is 1. The topological polar surface area (TPSA) is 25.4 Å². The zero-order valence-electron chi connectivity index (χ0n) is 11.0. The summed E-state index contributed by atoms with van der Waals surface area (Å²) >= 11 is 0. The third-order valence-corrected chi connectivity index (χ3v) is 3.29. The molecule has 1 aliphatic heterocycles. The van der Waals surface area contributed by atoms with E-state index < -0.39 is 11.9 Å². The van der Waals surface area contributed by atoms with Gasteiger partial charge in [-0.1, -0.05) is 0 Å². The summed E-state index contributed by atoms with van der Waals surface area (Å²) in [6, 6.07) is 2.33. The molecule has 1 aromatic rings. The standard InChI is InChI=1S/C13H17F3N2O/c1-9-11(3-4-12(17-9)13(14,15)16)19-10-5-7-18(2)8-6-10/h3-4,10H,5-8H2,1-2H3. The van der Waals surface area contributed by atoms with E-state index in [4.69, 9.17) is 4.74 Å². The predicted octanol–water partition coefficient (Wildman–Crippen LogP) is 2.88. The minimum atomic E-state index is -4.41. The van der Waals surface area contributed by atoms with Crippen LogP contribution >= 0.6 is 0 Å². The van der Waals surface area contributed by atoms with Gasteiger partial charge in [-0.15, -0.1) is 0 Å². The lowest BCUT2D eigenvalue weighted by Gasteiger charge is -2.29. The Hall–Kier alpha value is -1.30. The van der Waals surface area contributed by atoms with Crippen LogP contribution in [-0.2, 0) is 6.18 Å². The van der Waals surface area contributed by atoms with Crippen molar-refractivity contribution >= 4 is 0 Å². The van der Waals surface area contributed by atoms with Crippen molar-refractivity contribution in [3.63, 3.8) is 0 Å². The summed E-state index contributed by atoms with van der Waals surface area (Å²) in [6.07, 6.45) is -2.57. The molecule has 0 N–H and O–H groups in total. The molecular weight excluding hydrogens is 257 g/mol. The minimum absolute atomic E-state index is 0.0634. The molecule has 0 spiro atoms. The Labute approximate surface area is 110 Å². The molecule has 0 bridgehead atoms. The summed E-state index contributed by atoms with van der Waals surface area (Å²) in [4.78, 5) is 5.77. The van der Waals surface area contributed by atoms with Gasteiger partial charge in [0, 0.05) is 13.1 Å². The monoisotopic (exact) mass is 274 g/mol. The molecule has 2 rings (SSSR count). The van der Waals surface area contributed by atoms with Crippen molar-refractivity contribution in [3.8, 4) is 5.75 Å². The van der Waals surface area contributed by atoms with Crippen molar-refractivity contribution in [1.82, 2.24) is 9.88 Å². The van der Waals surface area contributed by atoms with Crippen LogP contribution in [0.25, 0.3) is 0 Å². The first-order valence-corrected chi connectivity index (χ1v) is 6.26. The molecule has 3 nitrogen and oxygen atoms in total. The molecule has 2 heterocycles. The number of aromatic nitrogens is 1. The van der Waals surface area contributed by atoms with Gasteiger partial charge >= 0.3 is 6.18 Å². The van der Waals surface area contributed by atoms with E-state index in [-0.39, 0.29) is 11.8 Å². The second kappa shape index (κ2) is 5.36. The molecule has 0 aromatic carbocycles. The van der Waals surface area contributed by atoms with Gasteiger partial charge < -0.3 is 9.64 Å². The van der Waals surface area contributed by atoms with Crippen LogP contribution in [0.5, 0.6) is 5.75 Å². The van der Waals surface area contributed by atoms with Gasteiger partial charge in [-0.3, -0.25) is 0 Å². The lowest BCUT2D eigenvalue weighted by atomic mass is 10.1. The summed E-state index contributed by atoms with van der Waals surface area (Å²) in [5, 5.41) is 0. The molecular formula is C13H17F3N2O. The van der Waals surface area contributed by atoms with Crippen LogP contribution in [0.15, 0.2) is 12.1 Å². The SMILES string of the molecule is Cc1nc(C(F)(F)F)ccc1OC1CCN(C)CC1. The van der Waals surface area contributed by atoms with Crippen LogP contribution in [0.3, 0.4) is 0 Å². The fourth-order valence-corrected chi connectivity index (χ4v) is 2.11. The molecule has 1 fully saturated rings. The van der Waals surface area contributed by atoms with Gasteiger partial charge in [0.1, 0.15) is 17.5 Å². The predicted molar refractivity (Wildman–Crippen MR) is 65.1 cm³/mol. The number of hydrogen-bond acceptors (Lipinski definition) is 3. The molecule has 19 heavy (non-hydrogen) atoms. The number of likely N-dealkylation sites (tertiary alicyclic amines) is 1. The van der Waals surface area contributed by atoms with Gasteiger partial charge in [0.25, 0.3) is 0 Å². The second-order valence-electron chi connectivity index (χ2n) is 4.90. The first-order chi connectivity index (χ1) is 8.86. The Bertz CT molecular complexity index is 440. The summed E-state index contributed by atoms with van der Waals surface area (Å²) in [6.45, 7) is 3.43. The fourth-order valence-electron chi connectivity index (χ4n) is 2.11. The lowest BCUT2D eigenvalue weighted by Crippen LogP contribution is -2.35. The third kappa shape index (κ3) is 3.59. The highest BCUT2D eigenvalue weighted by Crippen LogP contribution is 2.30. The number of pyridine rings is 1. The number of rotatable bonds is 2. The van der Waals surface area contributed by atoms with E-state index in [1.807, 2.05) is 7.05 Å². The highest BCUT2D eigenvalue weighted by Gasteiger charge is 2.33. The number of halogens is 3. The van der Waals surface area contributed by atoms with Crippen molar-refractivity contribution in [3.05, 3.63) is 23.5 Å². The molecule has 6 heteroatoms. The van der Waals surface area contributed by atoms with Crippen molar-refractivity contribution in [2.45, 2.75) is 32.0 Å². The van der Waals surface area contributed by atoms with E-state index in [2.05, 4.69) is 9.88 Å². The molecule has 0 aliphatic carbocycles. The Morgan fingerprint density at radius 1 is 1.26 bits per heavy atom. The van der Waals surface area contributed by atoms with E-state index in [1.165, 1.54) is 6.07 Å². The van der Waals surface area contributed by atoms with E-state index in [0.717, 1.165) is 32.0 Å². The normalized spacial score (nSPS) is 18.6. The quantitative estimate of drug-likeness (QED) is 0.829. The van der Waals surface area contributed by atoms with Crippen molar-refractivity contribution in [2.24, 2.45) is 0 Å². The smallest absolute Gasteiger partial charge is 0.433 e. The van der Waals surface area contributed by atoms with Crippen molar-refractivity contribution in [1.29, 1.82) is 0 Å². The Kier molecular flexibility index (Phi) is 3.99. The van der Waals surface area contributed by atoms with Crippen LogP contribution in [0.1, 0.15) is 24.2 Å². The first kappa shape index (κ1) is 14.1. The molecule has 1 aliphatic rings. The van der Waals surface area contributed by atoms with Gasteiger partial charge in [-0.25, -0.2) is 4.98 Å². The number of hydrogen-bond donors (Lipinski definition) is 0. The fraction of sp³-hybridized carbons (Fsp3) is 0.615. The minimum Gasteiger partial charge on any atom is -0.488 e. The first-order valence-electron chi connectivity index (χ1n) is 6.26. The Morgan fingerprint density at radius 2 is 1.89 bits per heavy atom. The summed E-state index contributed by atoms with van der Waals surface area (Å²) in [5.41, 5.74) is -0.588. The van der Waals surface area contributed by atoms with Gasteiger partial charge in [0.2, 0.25) is 0 Å². The van der Waals surface area contributed by atoms with Crippen molar-refractivity contribution < 1.29 is 17.9 Å². The summed E-state index contributed by atoms with van der Waals surface area (Å²) < 4.78 is 43.2. The molecule has 1 saturated heterocycles. The zero-order chi connectivity index (χ0) is 14.0. The lowest BCUT2D eigenvalue weighted by molar-refractivity contribution is -0.141. The van der Waals surface area contributed by atoms with Crippen LogP contribution in [0.2, 0.25) is 0 Å². The summed E-state index contributed by atoms with van der Waals surface area (Å²) in [7, 11) is 2.04. The van der Waals surface area contributed by atoms with Gasteiger partial charge in [-0.05, 0) is 38.9 Å². The maximum absolute atomic E-state index is 12.5. The Balaban J connectivity index is 2.05. The number of ether oxygens (including phenoxy) is 1. The molecule has 0 unspecified atom stereocenters. The molecule has 0 radical (unpaired) electrons. The van der Waals surface area contributed by atoms with E-state index in [0.29, 0.717) is 5.75 Å².